The van der Waals surface area contributed by atoms with Crippen LogP contribution in [-0.2, 0) is 12.8 Å². The first-order valence-corrected chi connectivity index (χ1v) is 8.27. The average molecular weight is 282 g/mol. The molecule has 3 aliphatic rings. The Morgan fingerprint density at radius 1 is 1.14 bits per heavy atom. The van der Waals surface area contributed by atoms with Crippen molar-refractivity contribution in [3.8, 4) is 6.07 Å². The lowest BCUT2D eigenvalue weighted by Gasteiger charge is -2.27. The number of nitrogens with zero attached hydrogens (tertiary/aromatic N) is 4. The van der Waals surface area contributed by atoms with Crippen LogP contribution in [0.3, 0.4) is 0 Å². The molecule has 21 heavy (non-hydrogen) atoms. The van der Waals surface area contributed by atoms with Crippen LogP contribution in [0.5, 0.6) is 0 Å². The van der Waals surface area contributed by atoms with Crippen LogP contribution in [-0.4, -0.2) is 42.1 Å². The van der Waals surface area contributed by atoms with E-state index in [9.17, 15) is 5.26 Å². The number of pyridine rings is 1. The fraction of sp³-hybridized carbons (Fsp3) is 0.647. The average Bonchev–Trinajstić information content (AvgIpc) is 3.10. The van der Waals surface area contributed by atoms with E-state index in [4.69, 9.17) is 4.98 Å². The van der Waals surface area contributed by atoms with E-state index in [-0.39, 0.29) is 0 Å². The topological polar surface area (TPSA) is 43.2 Å². The Morgan fingerprint density at radius 2 is 2.05 bits per heavy atom. The highest BCUT2D eigenvalue weighted by molar-refractivity contribution is 5.57. The van der Waals surface area contributed by atoms with Crippen molar-refractivity contribution in [1.29, 1.82) is 5.26 Å². The number of aryl methyl sites for hydroxylation is 2. The first kappa shape index (κ1) is 13.1. The summed E-state index contributed by atoms with van der Waals surface area (Å²) in [6.45, 7) is 4.53. The summed E-state index contributed by atoms with van der Waals surface area (Å²) >= 11 is 0. The van der Waals surface area contributed by atoms with E-state index in [2.05, 4.69) is 21.9 Å². The second-order valence-electron chi connectivity index (χ2n) is 6.56. The molecule has 1 unspecified atom stereocenters. The van der Waals surface area contributed by atoms with Crippen LogP contribution < -0.4 is 4.90 Å². The van der Waals surface area contributed by atoms with Crippen LogP contribution in [0.4, 0.5) is 5.82 Å². The van der Waals surface area contributed by atoms with Gasteiger partial charge in [-0.15, -0.1) is 0 Å². The molecule has 0 spiro atoms. The fourth-order valence-electron chi connectivity index (χ4n) is 4.18. The van der Waals surface area contributed by atoms with Gasteiger partial charge in [0.15, 0.2) is 0 Å². The highest BCUT2D eigenvalue weighted by atomic mass is 15.3. The van der Waals surface area contributed by atoms with Crippen LogP contribution in [0, 0.1) is 11.3 Å². The maximum Gasteiger partial charge on any atom is 0.146 e. The first-order valence-electron chi connectivity index (χ1n) is 8.27. The van der Waals surface area contributed by atoms with E-state index in [1.165, 1.54) is 50.0 Å². The Balaban J connectivity index is 1.67. The van der Waals surface area contributed by atoms with Gasteiger partial charge in [0.1, 0.15) is 11.9 Å². The van der Waals surface area contributed by atoms with E-state index >= 15 is 0 Å². The molecule has 4 nitrogen and oxygen atoms in total. The maximum atomic E-state index is 9.51. The summed E-state index contributed by atoms with van der Waals surface area (Å²) in [4.78, 5) is 9.89. The molecule has 2 saturated heterocycles. The van der Waals surface area contributed by atoms with Crippen LogP contribution in [0.2, 0.25) is 0 Å². The van der Waals surface area contributed by atoms with Gasteiger partial charge in [-0.2, -0.15) is 5.26 Å². The molecule has 0 radical (unpaired) electrons. The van der Waals surface area contributed by atoms with Crippen molar-refractivity contribution >= 4 is 5.82 Å². The molecule has 1 aromatic rings. The quantitative estimate of drug-likeness (QED) is 0.791. The van der Waals surface area contributed by atoms with Gasteiger partial charge < -0.3 is 4.90 Å². The van der Waals surface area contributed by atoms with Gasteiger partial charge in [0.2, 0.25) is 0 Å². The molecule has 4 heteroatoms. The summed E-state index contributed by atoms with van der Waals surface area (Å²) in [5.41, 5.74) is 3.31. The molecular formula is C17H22N4. The minimum absolute atomic E-state index is 0.661. The van der Waals surface area contributed by atoms with E-state index < -0.39 is 0 Å². The molecule has 2 aliphatic heterocycles. The summed E-state index contributed by atoms with van der Waals surface area (Å²) in [6, 6.07) is 5.15. The van der Waals surface area contributed by atoms with Crippen LogP contribution in [0.15, 0.2) is 6.07 Å². The van der Waals surface area contributed by atoms with Crippen molar-refractivity contribution < 1.29 is 0 Å². The fourth-order valence-corrected chi connectivity index (χ4v) is 4.18. The summed E-state index contributed by atoms with van der Waals surface area (Å²) in [5.74, 6) is 0.951. The second kappa shape index (κ2) is 5.31. The number of hydrogen-bond donors (Lipinski definition) is 0. The first-order chi connectivity index (χ1) is 10.3. The van der Waals surface area contributed by atoms with Crippen LogP contribution in [0.25, 0.3) is 0 Å². The molecule has 1 aliphatic carbocycles. The zero-order valence-electron chi connectivity index (χ0n) is 12.5. The zero-order chi connectivity index (χ0) is 14.2. The summed E-state index contributed by atoms with van der Waals surface area (Å²) < 4.78 is 0. The highest BCUT2D eigenvalue weighted by Gasteiger charge is 2.30. The molecule has 0 bridgehead atoms. The standard InChI is InChI=1S/C17H22N4/c18-11-14-10-13-4-1-6-16(13)19-17(14)21-9-3-8-20-7-2-5-15(20)12-21/h10,15H,1-9,12H2. The largest absolute Gasteiger partial charge is 0.354 e. The predicted octanol–water partition coefficient (Wildman–Crippen LogP) is 2.12. The molecule has 3 heterocycles. The number of anilines is 1. The van der Waals surface area contributed by atoms with Gasteiger partial charge in [0.05, 0.1) is 5.56 Å². The molecule has 110 valence electrons. The molecule has 2 fully saturated rings. The van der Waals surface area contributed by atoms with Crippen molar-refractivity contribution in [1.82, 2.24) is 9.88 Å². The van der Waals surface area contributed by atoms with Crippen LogP contribution in [0.1, 0.15) is 42.5 Å². The van der Waals surface area contributed by atoms with Gasteiger partial charge in [0.25, 0.3) is 0 Å². The lowest BCUT2D eigenvalue weighted by molar-refractivity contribution is 0.273. The summed E-state index contributed by atoms with van der Waals surface area (Å²) in [5, 5.41) is 9.51. The van der Waals surface area contributed by atoms with E-state index in [0.29, 0.717) is 6.04 Å². The lowest BCUT2D eigenvalue weighted by atomic mass is 10.1. The third kappa shape index (κ3) is 2.30. The third-order valence-corrected chi connectivity index (χ3v) is 5.25. The van der Waals surface area contributed by atoms with E-state index in [1.54, 1.807) is 0 Å². The summed E-state index contributed by atoms with van der Waals surface area (Å²) in [7, 11) is 0. The molecule has 1 aromatic heterocycles. The Bertz CT molecular complexity index is 589. The number of fused-ring (bicyclic) bond motifs is 2. The van der Waals surface area contributed by atoms with Crippen molar-refractivity contribution in [2.45, 2.75) is 44.6 Å². The van der Waals surface area contributed by atoms with Crippen molar-refractivity contribution in [3.05, 3.63) is 22.9 Å². The molecule has 0 N–H and O–H groups in total. The van der Waals surface area contributed by atoms with Crippen LogP contribution >= 0.6 is 0 Å². The van der Waals surface area contributed by atoms with E-state index in [1.807, 2.05) is 0 Å². The minimum atomic E-state index is 0.661. The van der Waals surface area contributed by atoms with E-state index in [0.717, 1.165) is 37.3 Å². The lowest BCUT2D eigenvalue weighted by Crippen LogP contribution is -2.37. The number of rotatable bonds is 1. The molecule has 0 aromatic carbocycles. The van der Waals surface area contributed by atoms with Gasteiger partial charge >= 0.3 is 0 Å². The van der Waals surface area contributed by atoms with Crippen molar-refractivity contribution in [3.63, 3.8) is 0 Å². The maximum absolute atomic E-state index is 9.51. The minimum Gasteiger partial charge on any atom is -0.354 e. The smallest absolute Gasteiger partial charge is 0.146 e. The van der Waals surface area contributed by atoms with Gasteiger partial charge in [-0.3, -0.25) is 4.90 Å². The monoisotopic (exact) mass is 282 g/mol. The molecule has 0 amide bonds. The molecule has 1 atom stereocenters. The third-order valence-electron chi connectivity index (χ3n) is 5.25. The van der Waals surface area contributed by atoms with Crippen molar-refractivity contribution in [2.24, 2.45) is 0 Å². The Kier molecular flexibility index (Phi) is 3.31. The summed E-state index contributed by atoms with van der Waals surface area (Å²) in [6.07, 6.45) is 7.16. The highest BCUT2D eigenvalue weighted by Crippen LogP contribution is 2.29. The van der Waals surface area contributed by atoms with Gasteiger partial charge in [-0.1, -0.05) is 0 Å². The van der Waals surface area contributed by atoms with Gasteiger partial charge in [0, 0.05) is 31.4 Å². The zero-order valence-corrected chi connectivity index (χ0v) is 12.5. The molecular weight excluding hydrogens is 260 g/mol. The Morgan fingerprint density at radius 3 is 2.95 bits per heavy atom. The number of aromatic nitrogens is 1. The SMILES string of the molecule is N#Cc1cc2c(nc1N1CCCN3CCCC3C1)CCC2. The Labute approximate surface area is 126 Å². The second-order valence-corrected chi connectivity index (χ2v) is 6.56. The molecule has 0 saturated carbocycles. The van der Waals surface area contributed by atoms with Gasteiger partial charge in [-0.25, -0.2) is 4.98 Å². The van der Waals surface area contributed by atoms with Crippen molar-refractivity contribution in [2.75, 3.05) is 31.1 Å². The molecule has 4 rings (SSSR count). The predicted molar refractivity (Wildman–Crippen MR) is 82.4 cm³/mol. The normalized spacial score (nSPS) is 25.3. The number of nitriles is 1. The number of hydrogen-bond acceptors (Lipinski definition) is 4. The Hall–Kier alpha value is -1.60. The van der Waals surface area contributed by atoms with Gasteiger partial charge in [-0.05, 0) is 56.7 Å².